The van der Waals surface area contributed by atoms with E-state index in [2.05, 4.69) is 21.2 Å². The van der Waals surface area contributed by atoms with Crippen LogP contribution in [0.25, 0.3) is 0 Å². The third-order valence-electron chi connectivity index (χ3n) is 2.54. The van der Waals surface area contributed by atoms with Gasteiger partial charge in [-0.1, -0.05) is 11.6 Å². The average molecular weight is 410 g/mol. The maximum Gasteiger partial charge on any atom is 0.407 e. The summed E-state index contributed by atoms with van der Waals surface area (Å²) >= 11 is 9.36. The molecule has 0 atom stereocenters. The summed E-state index contributed by atoms with van der Waals surface area (Å²) in [5, 5.41) is 13.9. The van der Waals surface area contributed by atoms with Crippen molar-refractivity contribution in [1.82, 2.24) is 5.32 Å². The summed E-state index contributed by atoms with van der Waals surface area (Å²) < 4.78 is 10.8. The lowest BCUT2D eigenvalue weighted by molar-refractivity contribution is -0.386. The fourth-order valence-corrected chi connectivity index (χ4v) is 2.38. The van der Waals surface area contributed by atoms with Crippen LogP contribution < -0.4 is 10.1 Å². The fourth-order valence-electron chi connectivity index (χ4n) is 1.72. The molecule has 9 heteroatoms. The van der Waals surface area contributed by atoms with Crippen molar-refractivity contribution in [3.8, 4) is 5.75 Å². The van der Waals surface area contributed by atoms with Crippen LogP contribution in [0.4, 0.5) is 10.5 Å². The van der Waals surface area contributed by atoms with E-state index in [4.69, 9.17) is 21.1 Å². The number of nitrogens with zero attached hydrogens (tertiary/aromatic N) is 1. The molecule has 0 saturated carbocycles. The topological polar surface area (TPSA) is 90.7 Å². The molecule has 1 N–H and O–H groups in total. The Kier molecular flexibility index (Phi) is 6.64. The van der Waals surface area contributed by atoms with E-state index in [9.17, 15) is 14.9 Å². The van der Waals surface area contributed by atoms with Crippen LogP contribution in [-0.4, -0.2) is 23.2 Å². The number of benzene rings is 1. The quantitative estimate of drug-likeness (QED) is 0.573. The number of alkyl carbamates (subject to hydrolysis) is 1. The van der Waals surface area contributed by atoms with E-state index in [1.54, 1.807) is 27.7 Å². The molecule has 128 valence electrons. The van der Waals surface area contributed by atoms with Crippen LogP contribution in [0.15, 0.2) is 10.5 Å². The molecule has 23 heavy (non-hydrogen) atoms. The van der Waals surface area contributed by atoms with E-state index in [0.717, 1.165) is 0 Å². The van der Waals surface area contributed by atoms with Crippen LogP contribution in [0.3, 0.4) is 0 Å². The summed E-state index contributed by atoms with van der Waals surface area (Å²) in [6.45, 7) is 7.05. The molecule has 1 aromatic rings. The predicted molar refractivity (Wildman–Crippen MR) is 90.0 cm³/mol. The van der Waals surface area contributed by atoms with Crippen molar-refractivity contribution < 1.29 is 19.2 Å². The normalized spacial score (nSPS) is 11.0. The number of halogens is 2. The molecular weight excluding hydrogens is 392 g/mol. The van der Waals surface area contributed by atoms with Gasteiger partial charge in [-0.05, 0) is 43.6 Å². The van der Waals surface area contributed by atoms with Crippen LogP contribution in [0.2, 0.25) is 5.02 Å². The van der Waals surface area contributed by atoms with Crippen molar-refractivity contribution in [1.29, 1.82) is 0 Å². The SMILES string of the molecule is CCOc1c([N+](=O)[O-])cc(Br)c(Cl)c1CNC(=O)OC(C)(C)C. The lowest BCUT2D eigenvalue weighted by Gasteiger charge is -2.20. The average Bonchev–Trinajstić information content (AvgIpc) is 2.40. The molecule has 0 aliphatic rings. The Bertz CT molecular complexity index is 616. The summed E-state index contributed by atoms with van der Waals surface area (Å²) in [6, 6.07) is 1.27. The molecule has 1 aromatic carbocycles. The van der Waals surface area contributed by atoms with Crippen LogP contribution in [0.5, 0.6) is 5.75 Å². The van der Waals surface area contributed by atoms with Crippen LogP contribution in [0, 0.1) is 10.1 Å². The summed E-state index contributed by atoms with van der Waals surface area (Å²) in [6.07, 6.45) is -0.654. The Morgan fingerprint density at radius 2 is 2.09 bits per heavy atom. The molecule has 0 unspecified atom stereocenters. The minimum Gasteiger partial charge on any atom is -0.487 e. The molecule has 0 aromatic heterocycles. The van der Waals surface area contributed by atoms with Gasteiger partial charge < -0.3 is 14.8 Å². The molecule has 0 radical (unpaired) electrons. The first-order valence-electron chi connectivity index (χ1n) is 6.81. The first-order chi connectivity index (χ1) is 10.6. The van der Waals surface area contributed by atoms with Gasteiger partial charge in [-0.2, -0.15) is 0 Å². The molecular formula is C14H18BrClN2O5. The van der Waals surface area contributed by atoms with Gasteiger partial charge in [-0.15, -0.1) is 0 Å². The highest BCUT2D eigenvalue weighted by Gasteiger charge is 2.25. The van der Waals surface area contributed by atoms with Crippen molar-refractivity contribution in [2.75, 3.05) is 6.61 Å². The first-order valence-corrected chi connectivity index (χ1v) is 7.98. The molecule has 0 heterocycles. The molecule has 0 saturated heterocycles. The van der Waals surface area contributed by atoms with Gasteiger partial charge >= 0.3 is 11.8 Å². The van der Waals surface area contributed by atoms with Gasteiger partial charge in [-0.25, -0.2) is 4.79 Å². The standard InChI is InChI=1S/C14H18BrClN2O5/c1-5-22-12-8(7-17-13(19)23-14(2,3)4)11(16)9(15)6-10(12)18(20)21/h6H,5,7H2,1-4H3,(H,17,19). The van der Waals surface area contributed by atoms with E-state index in [1.165, 1.54) is 6.07 Å². The van der Waals surface area contributed by atoms with Gasteiger partial charge in [0.05, 0.1) is 23.1 Å². The molecule has 0 fully saturated rings. The summed E-state index contributed by atoms with van der Waals surface area (Å²) in [4.78, 5) is 22.4. The second-order valence-corrected chi connectivity index (χ2v) is 6.78. The highest BCUT2D eigenvalue weighted by Crippen LogP contribution is 2.40. The number of amides is 1. The van der Waals surface area contributed by atoms with Gasteiger partial charge in [0.2, 0.25) is 5.75 Å². The number of rotatable bonds is 5. The largest absolute Gasteiger partial charge is 0.487 e. The zero-order chi connectivity index (χ0) is 17.8. The van der Waals surface area contributed by atoms with E-state index in [1.807, 2.05) is 0 Å². The monoisotopic (exact) mass is 408 g/mol. The second kappa shape index (κ2) is 7.83. The van der Waals surface area contributed by atoms with Crippen molar-refractivity contribution in [2.45, 2.75) is 39.8 Å². The van der Waals surface area contributed by atoms with Gasteiger partial charge in [0, 0.05) is 16.1 Å². The Hall–Kier alpha value is -1.54. The third-order valence-corrected chi connectivity index (χ3v) is 3.82. The lowest BCUT2D eigenvalue weighted by Crippen LogP contribution is -2.32. The number of carbonyl (C=O) groups is 1. The van der Waals surface area contributed by atoms with Crippen LogP contribution in [0.1, 0.15) is 33.3 Å². The Morgan fingerprint density at radius 3 is 2.57 bits per heavy atom. The van der Waals surface area contributed by atoms with E-state index < -0.39 is 16.6 Å². The highest BCUT2D eigenvalue weighted by atomic mass is 79.9. The van der Waals surface area contributed by atoms with Crippen LogP contribution >= 0.6 is 27.5 Å². The molecule has 1 amide bonds. The number of nitro groups is 1. The highest BCUT2D eigenvalue weighted by molar-refractivity contribution is 9.10. The van der Waals surface area contributed by atoms with Gasteiger partial charge in [-0.3, -0.25) is 10.1 Å². The smallest absolute Gasteiger partial charge is 0.407 e. The molecule has 0 spiro atoms. The minimum atomic E-state index is -0.654. The Morgan fingerprint density at radius 1 is 1.48 bits per heavy atom. The predicted octanol–water partition coefficient (Wildman–Crippen LogP) is 4.43. The van der Waals surface area contributed by atoms with Gasteiger partial charge in [0.25, 0.3) is 0 Å². The minimum absolute atomic E-state index is 0.0294. The van der Waals surface area contributed by atoms with E-state index in [-0.39, 0.29) is 29.6 Å². The summed E-state index contributed by atoms with van der Waals surface area (Å²) in [5.41, 5.74) is -0.579. The van der Waals surface area contributed by atoms with E-state index >= 15 is 0 Å². The third kappa shape index (κ3) is 5.54. The van der Waals surface area contributed by atoms with Crippen molar-refractivity contribution in [2.24, 2.45) is 0 Å². The van der Waals surface area contributed by atoms with Crippen molar-refractivity contribution in [3.63, 3.8) is 0 Å². The van der Waals surface area contributed by atoms with Crippen molar-refractivity contribution in [3.05, 3.63) is 31.2 Å². The maximum atomic E-state index is 11.8. The summed E-state index contributed by atoms with van der Waals surface area (Å²) in [5.74, 6) is 0.0294. The molecule has 1 rings (SSSR count). The Balaban J connectivity index is 3.13. The zero-order valence-corrected chi connectivity index (χ0v) is 15.6. The number of ether oxygens (including phenoxy) is 2. The summed E-state index contributed by atoms with van der Waals surface area (Å²) in [7, 11) is 0. The van der Waals surface area contributed by atoms with Gasteiger partial charge in [0.1, 0.15) is 5.60 Å². The zero-order valence-electron chi connectivity index (χ0n) is 13.2. The number of hydrogen-bond acceptors (Lipinski definition) is 5. The van der Waals surface area contributed by atoms with Crippen LogP contribution in [-0.2, 0) is 11.3 Å². The van der Waals surface area contributed by atoms with Crippen molar-refractivity contribution >= 4 is 39.3 Å². The number of carbonyl (C=O) groups excluding carboxylic acids is 1. The number of nitrogens with one attached hydrogen (secondary N) is 1. The molecule has 0 aliphatic carbocycles. The number of nitro benzene ring substituents is 1. The Labute approximate surface area is 147 Å². The fraction of sp³-hybridized carbons (Fsp3) is 0.500. The molecule has 0 bridgehead atoms. The molecule has 0 aliphatic heterocycles. The number of hydrogen-bond donors (Lipinski definition) is 1. The van der Waals surface area contributed by atoms with Gasteiger partial charge in [0.15, 0.2) is 0 Å². The second-order valence-electron chi connectivity index (χ2n) is 5.54. The van der Waals surface area contributed by atoms with E-state index in [0.29, 0.717) is 10.0 Å². The molecule has 7 nitrogen and oxygen atoms in total. The maximum absolute atomic E-state index is 11.8. The first kappa shape index (κ1) is 19.5. The lowest BCUT2D eigenvalue weighted by atomic mass is 10.1.